The van der Waals surface area contributed by atoms with Gasteiger partial charge in [-0.25, -0.2) is 0 Å². The normalized spacial score (nSPS) is 24.3. The van der Waals surface area contributed by atoms with Crippen LogP contribution in [0.1, 0.15) is 25.7 Å². The summed E-state index contributed by atoms with van der Waals surface area (Å²) in [4.78, 5) is 29.4. The fourth-order valence-corrected chi connectivity index (χ4v) is 4.28. The molecule has 2 fully saturated rings. The maximum atomic E-state index is 12.7. The van der Waals surface area contributed by atoms with Gasteiger partial charge in [0.15, 0.2) is 0 Å². The Morgan fingerprint density at radius 2 is 1.46 bits per heavy atom. The van der Waals surface area contributed by atoms with E-state index in [1.54, 1.807) is 18.2 Å². The molecule has 0 atom stereocenters. The van der Waals surface area contributed by atoms with Gasteiger partial charge in [0.25, 0.3) is 0 Å². The standard InChI is InChI=1S/C19H25Cl2N3O2/c1-23-6-8-24(9-7-23)19(26)14-4-2-13(3-5-14)18(25)22-17-11-15(20)10-16(21)12-17/h10-14H,2-9H2,1H3,(H,22,25). The third-order valence-electron chi connectivity index (χ3n) is 5.39. The Balaban J connectivity index is 1.50. The SMILES string of the molecule is CN1CCN(C(=O)C2CCC(C(=O)Nc3cc(Cl)cc(Cl)c3)CC2)CC1. The van der Waals surface area contributed by atoms with Crippen LogP contribution in [0.2, 0.25) is 10.0 Å². The summed E-state index contributed by atoms with van der Waals surface area (Å²) in [5.74, 6) is 0.236. The number of carbonyl (C=O) groups is 2. The van der Waals surface area contributed by atoms with Crippen molar-refractivity contribution >= 4 is 40.7 Å². The van der Waals surface area contributed by atoms with E-state index in [1.165, 1.54) is 0 Å². The Labute approximate surface area is 164 Å². The van der Waals surface area contributed by atoms with Gasteiger partial charge in [-0.2, -0.15) is 0 Å². The first-order valence-corrected chi connectivity index (χ1v) is 9.92. The highest BCUT2D eigenvalue weighted by Crippen LogP contribution is 2.32. The van der Waals surface area contributed by atoms with Gasteiger partial charge in [0.05, 0.1) is 0 Å². The van der Waals surface area contributed by atoms with Gasteiger partial charge >= 0.3 is 0 Å². The van der Waals surface area contributed by atoms with Crippen LogP contribution in [0.4, 0.5) is 5.69 Å². The Hall–Kier alpha value is -1.30. The van der Waals surface area contributed by atoms with Crippen molar-refractivity contribution in [1.29, 1.82) is 0 Å². The number of hydrogen-bond acceptors (Lipinski definition) is 3. The van der Waals surface area contributed by atoms with Crippen molar-refractivity contribution in [1.82, 2.24) is 9.80 Å². The van der Waals surface area contributed by atoms with E-state index in [4.69, 9.17) is 23.2 Å². The van der Waals surface area contributed by atoms with Crippen molar-refractivity contribution in [3.8, 4) is 0 Å². The lowest BCUT2D eigenvalue weighted by Gasteiger charge is -2.36. The van der Waals surface area contributed by atoms with Crippen molar-refractivity contribution in [2.45, 2.75) is 25.7 Å². The van der Waals surface area contributed by atoms with Crippen LogP contribution in [0.15, 0.2) is 18.2 Å². The van der Waals surface area contributed by atoms with Crippen LogP contribution in [0.25, 0.3) is 0 Å². The zero-order chi connectivity index (χ0) is 18.7. The Morgan fingerprint density at radius 3 is 2.04 bits per heavy atom. The van der Waals surface area contributed by atoms with Crippen molar-refractivity contribution in [2.75, 3.05) is 38.5 Å². The molecule has 5 nitrogen and oxygen atoms in total. The van der Waals surface area contributed by atoms with Gasteiger partial charge in [0, 0.05) is 53.7 Å². The number of nitrogens with one attached hydrogen (secondary N) is 1. The minimum absolute atomic E-state index is 0.0196. The van der Waals surface area contributed by atoms with E-state index in [-0.39, 0.29) is 23.7 Å². The topological polar surface area (TPSA) is 52.7 Å². The number of piperazine rings is 1. The fraction of sp³-hybridized carbons (Fsp3) is 0.579. The molecule has 2 aliphatic rings. The minimum Gasteiger partial charge on any atom is -0.340 e. The maximum Gasteiger partial charge on any atom is 0.227 e. The second-order valence-corrected chi connectivity index (χ2v) is 8.20. The molecule has 7 heteroatoms. The average molecular weight is 398 g/mol. The molecule has 1 aliphatic carbocycles. The summed E-state index contributed by atoms with van der Waals surface area (Å²) in [7, 11) is 2.08. The highest BCUT2D eigenvalue weighted by atomic mass is 35.5. The van der Waals surface area contributed by atoms with Gasteiger partial charge in [0.2, 0.25) is 11.8 Å². The maximum absolute atomic E-state index is 12.7. The van der Waals surface area contributed by atoms with Crippen LogP contribution in [-0.4, -0.2) is 54.8 Å². The quantitative estimate of drug-likeness (QED) is 0.848. The summed E-state index contributed by atoms with van der Waals surface area (Å²) in [6.45, 7) is 3.49. The van der Waals surface area contributed by atoms with E-state index < -0.39 is 0 Å². The summed E-state index contributed by atoms with van der Waals surface area (Å²) < 4.78 is 0. The Bertz CT molecular complexity index is 646. The molecule has 0 unspecified atom stereocenters. The summed E-state index contributed by atoms with van der Waals surface area (Å²) in [6, 6.07) is 5.01. The predicted molar refractivity (Wildman–Crippen MR) is 105 cm³/mol. The number of anilines is 1. The molecule has 142 valence electrons. The number of rotatable bonds is 3. The summed E-state index contributed by atoms with van der Waals surface area (Å²) in [5, 5.41) is 3.89. The predicted octanol–water partition coefficient (Wildman–Crippen LogP) is 3.51. The molecule has 3 rings (SSSR count). The number of hydrogen-bond donors (Lipinski definition) is 1. The fourth-order valence-electron chi connectivity index (χ4n) is 3.76. The van der Waals surface area contributed by atoms with Gasteiger partial charge in [-0.05, 0) is 50.9 Å². The molecule has 26 heavy (non-hydrogen) atoms. The van der Waals surface area contributed by atoms with Crippen LogP contribution >= 0.6 is 23.2 Å². The molecular formula is C19H25Cl2N3O2. The van der Waals surface area contributed by atoms with E-state index >= 15 is 0 Å². The molecule has 1 saturated carbocycles. The van der Waals surface area contributed by atoms with Crippen LogP contribution < -0.4 is 5.32 Å². The number of amides is 2. The number of nitrogens with zero attached hydrogens (tertiary/aromatic N) is 2. The monoisotopic (exact) mass is 397 g/mol. The molecule has 0 spiro atoms. The molecule has 0 aromatic heterocycles. The summed E-state index contributed by atoms with van der Waals surface area (Å²) in [6.07, 6.45) is 3.04. The zero-order valence-corrected chi connectivity index (χ0v) is 16.5. The van der Waals surface area contributed by atoms with Crippen molar-refractivity contribution in [2.24, 2.45) is 11.8 Å². The molecule has 1 saturated heterocycles. The molecule has 2 amide bonds. The Morgan fingerprint density at radius 1 is 0.923 bits per heavy atom. The first kappa shape index (κ1) is 19.5. The molecule has 1 aliphatic heterocycles. The second kappa shape index (κ2) is 8.59. The first-order valence-electron chi connectivity index (χ1n) is 9.16. The van der Waals surface area contributed by atoms with Gasteiger partial charge in [0.1, 0.15) is 0 Å². The van der Waals surface area contributed by atoms with Crippen molar-refractivity contribution in [3.63, 3.8) is 0 Å². The van der Waals surface area contributed by atoms with Crippen molar-refractivity contribution in [3.05, 3.63) is 28.2 Å². The lowest BCUT2D eigenvalue weighted by molar-refractivity contribution is -0.139. The van der Waals surface area contributed by atoms with Crippen LogP contribution in [0, 0.1) is 11.8 Å². The van der Waals surface area contributed by atoms with Gasteiger partial charge in [-0.15, -0.1) is 0 Å². The average Bonchev–Trinajstić information content (AvgIpc) is 2.61. The summed E-state index contributed by atoms with van der Waals surface area (Å²) in [5.41, 5.74) is 0.614. The van der Waals surface area contributed by atoms with Crippen molar-refractivity contribution < 1.29 is 9.59 Å². The molecule has 1 aromatic rings. The third kappa shape index (κ3) is 4.90. The molecule has 1 N–H and O–H groups in total. The Kier molecular flexibility index (Phi) is 6.43. The molecule has 0 radical (unpaired) electrons. The molecular weight excluding hydrogens is 373 g/mol. The molecule has 0 bridgehead atoms. The largest absolute Gasteiger partial charge is 0.340 e. The van der Waals surface area contributed by atoms with E-state index in [0.29, 0.717) is 15.7 Å². The van der Waals surface area contributed by atoms with Crippen LogP contribution in [0.3, 0.4) is 0 Å². The highest BCUT2D eigenvalue weighted by molar-refractivity contribution is 6.35. The smallest absolute Gasteiger partial charge is 0.227 e. The molecule has 1 heterocycles. The summed E-state index contributed by atoms with van der Waals surface area (Å²) >= 11 is 12.0. The van der Waals surface area contributed by atoms with E-state index in [0.717, 1.165) is 51.9 Å². The van der Waals surface area contributed by atoms with Gasteiger partial charge in [-0.3, -0.25) is 9.59 Å². The zero-order valence-electron chi connectivity index (χ0n) is 15.0. The number of likely N-dealkylation sites (N-methyl/N-ethyl adjacent to an activating group) is 1. The number of benzene rings is 1. The van der Waals surface area contributed by atoms with Crippen LogP contribution in [-0.2, 0) is 9.59 Å². The number of halogens is 2. The lowest BCUT2D eigenvalue weighted by Crippen LogP contribution is -2.49. The third-order valence-corrected chi connectivity index (χ3v) is 5.83. The molecule has 1 aromatic carbocycles. The van der Waals surface area contributed by atoms with Crippen LogP contribution in [0.5, 0.6) is 0 Å². The van der Waals surface area contributed by atoms with Gasteiger partial charge < -0.3 is 15.1 Å². The van der Waals surface area contributed by atoms with E-state index in [9.17, 15) is 9.59 Å². The lowest BCUT2D eigenvalue weighted by atomic mass is 9.80. The first-order chi connectivity index (χ1) is 12.4. The second-order valence-electron chi connectivity index (χ2n) is 7.32. The van der Waals surface area contributed by atoms with E-state index in [2.05, 4.69) is 17.3 Å². The van der Waals surface area contributed by atoms with E-state index in [1.807, 2.05) is 4.90 Å². The number of carbonyl (C=O) groups excluding carboxylic acids is 2. The highest BCUT2D eigenvalue weighted by Gasteiger charge is 2.33. The van der Waals surface area contributed by atoms with Gasteiger partial charge in [-0.1, -0.05) is 23.2 Å². The minimum atomic E-state index is -0.0655.